The predicted molar refractivity (Wildman–Crippen MR) is 53.9 cm³/mol. The molecule has 2 heteroatoms. The number of nitrogens with zero attached hydrogens (tertiary/aromatic N) is 1. The van der Waals surface area contributed by atoms with E-state index in [9.17, 15) is 4.79 Å². The van der Waals surface area contributed by atoms with Crippen LogP contribution in [-0.2, 0) is 0 Å². The molecule has 0 bridgehead atoms. The van der Waals surface area contributed by atoms with Crippen LogP contribution in [-0.4, -0.2) is 5.78 Å². The van der Waals surface area contributed by atoms with E-state index in [1.807, 2.05) is 30.3 Å². The molecule has 0 atom stereocenters. The first-order valence-electron chi connectivity index (χ1n) is 4.24. The van der Waals surface area contributed by atoms with Crippen molar-refractivity contribution in [3.05, 3.63) is 48.0 Å². The van der Waals surface area contributed by atoms with Gasteiger partial charge in [-0.2, -0.15) is 5.26 Å². The Balaban J connectivity index is 2.64. The Morgan fingerprint density at radius 3 is 2.50 bits per heavy atom. The number of Topliss-reactive ketones (excluding diaryl/α,β-unsaturated/α-hetero) is 1. The van der Waals surface area contributed by atoms with E-state index in [-0.39, 0.29) is 0 Å². The molecule has 0 heterocycles. The van der Waals surface area contributed by atoms with Gasteiger partial charge in [0.2, 0.25) is 0 Å². The van der Waals surface area contributed by atoms with Gasteiger partial charge in [-0.1, -0.05) is 30.3 Å². The third kappa shape index (κ3) is 1.36. The van der Waals surface area contributed by atoms with Crippen LogP contribution >= 0.6 is 0 Å². The maximum atomic E-state index is 11.1. The number of fused-ring (bicyclic) bond motifs is 1. The second-order valence-corrected chi connectivity index (χ2v) is 3.00. The van der Waals surface area contributed by atoms with Crippen molar-refractivity contribution in [1.29, 1.82) is 5.26 Å². The first kappa shape index (κ1) is 8.46. The van der Waals surface area contributed by atoms with Gasteiger partial charge in [-0.05, 0) is 22.9 Å². The maximum absolute atomic E-state index is 11.1. The quantitative estimate of drug-likeness (QED) is 0.501. The second-order valence-electron chi connectivity index (χ2n) is 3.00. The van der Waals surface area contributed by atoms with Crippen LogP contribution in [0.25, 0.3) is 10.8 Å². The highest BCUT2D eigenvalue weighted by Crippen LogP contribution is 2.15. The predicted octanol–water partition coefficient (Wildman–Crippen LogP) is 2.55. The molecule has 2 aromatic carbocycles. The fourth-order valence-corrected chi connectivity index (χ4v) is 1.40. The molecule has 0 spiro atoms. The van der Waals surface area contributed by atoms with Gasteiger partial charge >= 0.3 is 0 Å². The minimum absolute atomic E-state index is 0.450. The van der Waals surface area contributed by atoms with Crippen LogP contribution in [0.3, 0.4) is 0 Å². The van der Waals surface area contributed by atoms with Crippen molar-refractivity contribution in [1.82, 2.24) is 0 Å². The molecule has 14 heavy (non-hydrogen) atoms. The molecule has 0 radical (unpaired) electrons. The lowest BCUT2D eigenvalue weighted by Crippen LogP contribution is -1.93. The van der Waals surface area contributed by atoms with Gasteiger partial charge in [-0.25, -0.2) is 0 Å². The van der Waals surface area contributed by atoms with Crippen molar-refractivity contribution < 1.29 is 4.79 Å². The molecule has 0 aromatic heterocycles. The zero-order valence-corrected chi connectivity index (χ0v) is 7.40. The molecule has 0 saturated carbocycles. The highest BCUT2D eigenvalue weighted by Gasteiger charge is 2.03. The van der Waals surface area contributed by atoms with Crippen LogP contribution in [0.1, 0.15) is 10.4 Å². The van der Waals surface area contributed by atoms with E-state index in [4.69, 9.17) is 5.26 Å². The van der Waals surface area contributed by atoms with Gasteiger partial charge in [0.1, 0.15) is 6.07 Å². The lowest BCUT2D eigenvalue weighted by Gasteiger charge is -1.98. The third-order valence-electron chi connectivity index (χ3n) is 2.11. The van der Waals surface area contributed by atoms with Crippen molar-refractivity contribution >= 4 is 16.6 Å². The first-order chi connectivity index (χ1) is 6.81. The average molecular weight is 181 g/mol. The molecule has 0 aliphatic carbocycles. The highest BCUT2D eigenvalue weighted by molar-refractivity contribution is 6.09. The summed E-state index contributed by atoms with van der Waals surface area (Å²) in [6, 6.07) is 14.6. The van der Waals surface area contributed by atoms with Gasteiger partial charge in [-0.3, -0.25) is 4.79 Å². The summed E-state index contributed by atoms with van der Waals surface area (Å²) in [4.78, 5) is 11.1. The summed E-state index contributed by atoms with van der Waals surface area (Å²) < 4.78 is 0. The van der Waals surface area contributed by atoms with Crippen molar-refractivity contribution in [3.63, 3.8) is 0 Å². The maximum Gasteiger partial charge on any atom is 0.262 e. The lowest BCUT2D eigenvalue weighted by atomic mass is 10.1. The van der Waals surface area contributed by atoms with Crippen LogP contribution in [0.5, 0.6) is 0 Å². The summed E-state index contributed by atoms with van der Waals surface area (Å²) >= 11 is 0. The molecule has 0 unspecified atom stereocenters. The SMILES string of the molecule is N#CC(=O)c1ccc2ccccc2c1. The smallest absolute Gasteiger partial charge is 0.262 e. The summed E-state index contributed by atoms with van der Waals surface area (Å²) in [6.45, 7) is 0. The Morgan fingerprint density at radius 2 is 1.79 bits per heavy atom. The van der Waals surface area contributed by atoms with Crippen molar-refractivity contribution in [2.75, 3.05) is 0 Å². The fourth-order valence-electron chi connectivity index (χ4n) is 1.40. The topological polar surface area (TPSA) is 40.9 Å². The van der Waals surface area contributed by atoms with E-state index in [1.165, 1.54) is 0 Å². The summed E-state index contributed by atoms with van der Waals surface area (Å²) in [7, 11) is 0. The van der Waals surface area contributed by atoms with Crippen molar-refractivity contribution in [3.8, 4) is 6.07 Å². The number of nitriles is 1. The molecule has 0 N–H and O–H groups in total. The number of carbonyl (C=O) groups is 1. The number of hydrogen-bond donors (Lipinski definition) is 0. The van der Waals surface area contributed by atoms with Gasteiger partial charge in [-0.15, -0.1) is 0 Å². The fraction of sp³-hybridized carbons (Fsp3) is 0. The Hall–Kier alpha value is -2.14. The molecule has 0 aliphatic heterocycles. The summed E-state index contributed by atoms with van der Waals surface area (Å²) in [5, 5.41) is 10.5. The van der Waals surface area contributed by atoms with Gasteiger partial charge in [0.15, 0.2) is 0 Å². The number of rotatable bonds is 1. The standard InChI is InChI=1S/C12H7NO/c13-8-12(14)11-6-5-9-3-1-2-4-10(9)7-11/h1-7H. The van der Waals surface area contributed by atoms with E-state index >= 15 is 0 Å². The summed E-state index contributed by atoms with van der Waals surface area (Å²) in [6.07, 6.45) is 0. The van der Waals surface area contributed by atoms with Crippen LogP contribution in [0.4, 0.5) is 0 Å². The Morgan fingerprint density at radius 1 is 1.07 bits per heavy atom. The molecule has 0 fully saturated rings. The lowest BCUT2D eigenvalue weighted by molar-refractivity contribution is 0.105. The zero-order chi connectivity index (χ0) is 9.97. The zero-order valence-electron chi connectivity index (χ0n) is 7.40. The van der Waals surface area contributed by atoms with E-state index in [2.05, 4.69) is 0 Å². The van der Waals surface area contributed by atoms with Crippen LogP contribution in [0.15, 0.2) is 42.5 Å². The molecule has 0 saturated heterocycles. The number of ketones is 1. The Bertz CT molecular complexity index is 537. The summed E-state index contributed by atoms with van der Waals surface area (Å²) in [5.74, 6) is -0.490. The molecule has 2 rings (SSSR count). The summed E-state index contributed by atoms with van der Waals surface area (Å²) in [5.41, 5.74) is 0.450. The largest absolute Gasteiger partial charge is 0.277 e. The van der Waals surface area contributed by atoms with Gasteiger partial charge < -0.3 is 0 Å². The number of carbonyl (C=O) groups excluding carboxylic acids is 1. The van der Waals surface area contributed by atoms with Crippen molar-refractivity contribution in [2.45, 2.75) is 0 Å². The highest BCUT2D eigenvalue weighted by atomic mass is 16.1. The van der Waals surface area contributed by atoms with E-state index in [0.29, 0.717) is 5.56 Å². The number of hydrogen-bond acceptors (Lipinski definition) is 2. The number of benzene rings is 2. The van der Waals surface area contributed by atoms with E-state index in [1.54, 1.807) is 18.2 Å². The third-order valence-corrected chi connectivity index (χ3v) is 2.11. The van der Waals surface area contributed by atoms with Gasteiger partial charge in [0, 0.05) is 5.56 Å². The average Bonchev–Trinajstić information content (AvgIpc) is 2.27. The molecule has 0 aliphatic rings. The van der Waals surface area contributed by atoms with E-state index < -0.39 is 5.78 Å². The van der Waals surface area contributed by atoms with Crippen LogP contribution < -0.4 is 0 Å². The minimum Gasteiger partial charge on any atom is -0.277 e. The Kier molecular flexibility index (Phi) is 2.00. The van der Waals surface area contributed by atoms with Gasteiger partial charge in [0.25, 0.3) is 5.78 Å². The Labute approximate surface area is 81.4 Å². The normalized spacial score (nSPS) is 9.64. The first-order valence-corrected chi connectivity index (χ1v) is 4.24. The molecule has 2 aromatic rings. The van der Waals surface area contributed by atoms with Gasteiger partial charge in [0.05, 0.1) is 0 Å². The van der Waals surface area contributed by atoms with Crippen LogP contribution in [0.2, 0.25) is 0 Å². The molecular weight excluding hydrogens is 174 g/mol. The minimum atomic E-state index is -0.490. The molecular formula is C12H7NO. The second kappa shape index (κ2) is 3.31. The molecule has 2 nitrogen and oxygen atoms in total. The molecule has 0 amide bonds. The van der Waals surface area contributed by atoms with Crippen LogP contribution in [0, 0.1) is 11.3 Å². The monoisotopic (exact) mass is 181 g/mol. The van der Waals surface area contributed by atoms with E-state index in [0.717, 1.165) is 10.8 Å². The van der Waals surface area contributed by atoms with Crippen molar-refractivity contribution in [2.24, 2.45) is 0 Å². The molecule has 66 valence electrons.